The molecule has 1 N–H and O–H groups in total. The molecule has 1 aromatic heterocycles. The average Bonchev–Trinajstić information content (AvgIpc) is 2.62. The van der Waals surface area contributed by atoms with E-state index in [1.54, 1.807) is 18.2 Å². The smallest absolute Gasteiger partial charge is 0.137 e. The minimum atomic E-state index is -0.577. The summed E-state index contributed by atoms with van der Waals surface area (Å²) in [4.78, 5) is 0. The number of aliphatic hydroxyl groups excluding tert-OH is 1. The minimum absolute atomic E-state index is 0.531. The summed E-state index contributed by atoms with van der Waals surface area (Å²) in [6.45, 7) is 2.01. The summed E-state index contributed by atoms with van der Waals surface area (Å²) in [5.74, 6) is 0.543. The quantitative estimate of drug-likeness (QED) is 0.875. The van der Waals surface area contributed by atoms with E-state index < -0.39 is 6.10 Å². The molecule has 1 atom stereocenters. The van der Waals surface area contributed by atoms with E-state index in [4.69, 9.17) is 27.6 Å². The van der Waals surface area contributed by atoms with Gasteiger partial charge in [-0.25, -0.2) is 0 Å². The van der Waals surface area contributed by atoms with E-state index in [1.165, 1.54) is 0 Å². The first kappa shape index (κ1) is 11.8. The van der Waals surface area contributed by atoms with Crippen LogP contribution in [0.5, 0.6) is 0 Å². The highest BCUT2D eigenvalue weighted by molar-refractivity contribution is 6.38. The van der Waals surface area contributed by atoms with Gasteiger partial charge in [0.2, 0.25) is 0 Å². The molecule has 0 fully saturated rings. The number of halogens is 2. The molecule has 0 spiro atoms. The van der Waals surface area contributed by atoms with Gasteiger partial charge >= 0.3 is 0 Å². The van der Waals surface area contributed by atoms with Gasteiger partial charge in [0, 0.05) is 16.5 Å². The van der Waals surface area contributed by atoms with Gasteiger partial charge in [-0.1, -0.05) is 36.5 Å². The number of hydrogen-bond acceptors (Lipinski definition) is 2. The summed E-state index contributed by atoms with van der Waals surface area (Å²) in [7, 11) is 0. The molecule has 0 bridgehead atoms. The second-order valence-electron chi connectivity index (χ2n) is 3.75. The SMILES string of the molecule is CCCC(O)c1cc2c(Cl)cc(Cl)cc2o1. The zero-order chi connectivity index (χ0) is 11.7. The number of aliphatic hydroxyl groups is 1. The zero-order valence-electron chi connectivity index (χ0n) is 8.84. The van der Waals surface area contributed by atoms with Crippen molar-refractivity contribution in [3.8, 4) is 0 Å². The first-order chi connectivity index (χ1) is 7.61. The molecule has 1 aromatic carbocycles. The Balaban J connectivity index is 2.47. The van der Waals surface area contributed by atoms with Gasteiger partial charge in [-0.3, -0.25) is 0 Å². The Kier molecular flexibility index (Phi) is 3.43. The normalized spacial score (nSPS) is 13.2. The number of hydrogen-bond donors (Lipinski definition) is 1. The molecule has 1 unspecified atom stereocenters. The molecular formula is C12H12Cl2O2. The van der Waals surface area contributed by atoms with Crippen molar-refractivity contribution in [1.29, 1.82) is 0 Å². The fraction of sp³-hybridized carbons (Fsp3) is 0.333. The van der Waals surface area contributed by atoms with Crippen LogP contribution in [0.1, 0.15) is 31.6 Å². The van der Waals surface area contributed by atoms with Gasteiger partial charge in [0.05, 0.1) is 5.02 Å². The zero-order valence-corrected chi connectivity index (χ0v) is 10.3. The molecule has 86 valence electrons. The lowest BCUT2D eigenvalue weighted by Crippen LogP contribution is -1.93. The maximum absolute atomic E-state index is 9.81. The third-order valence-electron chi connectivity index (χ3n) is 2.46. The molecule has 16 heavy (non-hydrogen) atoms. The van der Waals surface area contributed by atoms with E-state index >= 15 is 0 Å². The van der Waals surface area contributed by atoms with Crippen LogP contribution in [0.15, 0.2) is 22.6 Å². The van der Waals surface area contributed by atoms with Crippen molar-refractivity contribution in [2.75, 3.05) is 0 Å². The molecular weight excluding hydrogens is 247 g/mol. The highest BCUT2D eigenvalue weighted by Crippen LogP contribution is 2.33. The van der Waals surface area contributed by atoms with Gasteiger partial charge in [0.1, 0.15) is 17.4 Å². The summed E-state index contributed by atoms with van der Waals surface area (Å²) in [5, 5.41) is 11.7. The van der Waals surface area contributed by atoms with Gasteiger partial charge in [-0.2, -0.15) is 0 Å². The summed E-state index contributed by atoms with van der Waals surface area (Å²) in [6, 6.07) is 5.14. The van der Waals surface area contributed by atoms with E-state index in [0.717, 1.165) is 11.8 Å². The van der Waals surface area contributed by atoms with Crippen LogP contribution >= 0.6 is 23.2 Å². The second-order valence-corrected chi connectivity index (χ2v) is 4.60. The molecule has 2 nitrogen and oxygen atoms in total. The molecule has 2 rings (SSSR count). The molecule has 0 aliphatic heterocycles. The first-order valence-corrected chi connectivity index (χ1v) is 5.94. The van der Waals surface area contributed by atoms with Gasteiger partial charge in [0.25, 0.3) is 0 Å². The van der Waals surface area contributed by atoms with Crippen LogP contribution in [0.25, 0.3) is 11.0 Å². The highest BCUT2D eigenvalue weighted by Gasteiger charge is 2.14. The molecule has 0 saturated carbocycles. The van der Waals surface area contributed by atoms with Crippen molar-refractivity contribution in [3.63, 3.8) is 0 Å². The largest absolute Gasteiger partial charge is 0.458 e. The maximum Gasteiger partial charge on any atom is 0.137 e. The Hall–Kier alpha value is -0.700. The number of fused-ring (bicyclic) bond motifs is 1. The van der Waals surface area contributed by atoms with Crippen LogP contribution < -0.4 is 0 Å². The van der Waals surface area contributed by atoms with Crippen molar-refractivity contribution in [3.05, 3.63) is 34.0 Å². The number of rotatable bonds is 3. The number of benzene rings is 1. The maximum atomic E-state index is 9.81. The Morgan fingerprint density at radius 3 is 2.75 bits per heavy atom. The first-order valence-electron chi connectivity index (χ1n) is 5.18. The summed E-state index contributed by atoms with van der Waals surface area (Å²) in [5.41, 5.74) is 0.614. The predicted octanol–water partition coefficient (Wildman–Crippen LogP) is 4.57. The Bertz CT molecular complexity index is 505. The lowest BCUT2D eigenvalue weighted by atomic mass is 10.1. The molecule has 1 heterocycles. The summed E-state index contributed by atoms with van der Waals surface area (Å²) >= 11 is 11.9. The van der Waals surface area contributed by atoms with Crippen molar-refractivity contribution in [1.82, 2.24) is 0 Å². The van der Waals surface area contributed by atoms with Crippen LogP contribution in [0, 0.1) is 0 Å². The van der Waals surface area contributed by atoms with Crippen LogP contribution in [-0.2, 0) is 0 Å². The van der Waals surface area contributed by atoms with Crippen LogP contribution in [0.3, 0.4) is 0 Å². The fourth-order valence-corrected chi connectivity index (χ4v) is 2.19. The molecule has 0 saturated heterocycles. The molecule has 2 aromatic rings. The summed E-state index contributed by atoms with van der Waals surface area (Å²) in [6.07, 6.45) is 0.991. The standard InChI is InChI=1S/C12H12Cl2O2/c1-2-3-10(15)12-6-8-9(14)4-7(13)5-11(8)16-12/h4-6,10,15H,2-3H2,1H3. The van der Waals surface area contributed by atoms with Crippen molar-refractivity contribution >= 4 is 34.2 Å². The van der Waals surface area contributed by atoms with E-state index in [9.17, 15) is 5.11 Å². The lowest BCUT2D eigenvalue weighted by Gasteiger charge is -2.03. The van der Waals surface area contributed by atoms with Crippen LogP contribution in [0.4, 0.5) is 0 Å². The third-order valence-corrected chi connectivity index (χ3v) is 2.99. The molecule has 0 amide bonds. The van der Waals surface area contributed by atoms with Gasteiger partial charge < -0.3 is 9.52 Å². The van der Waals surface area contributed by atoms with Gasteiger partial charge in [0.15, 0.2) is 0 Å². The minimum Gasteiger partial charge on any atom is -0.458 e. The van der Waals surface area contributed by atoms with Crippen molar-refractivity contribution in [2.24, 2.45) is 0 Å². The number of furan rings is 1. The molecule has 0 radical (unpaired) electrons. The van der Waals surface area contributed by atoms with Gasteiger partial charge in [-0.05, 0) is 18.6 Å². The summed E-state index contributed by atoms with van der Waals surface area (Å²) < 4.78 is 5.53. The van der Waals surface area contributed by atoms with Crippen LogP contribution in [0.2, 0.25) is 10.0 Å². The van der Waals surface area contributed by atoms with E-state index in [0.29, 0.717) is 27.8 Å². The molecule has 0 aliphatic carbocycles. The fourth-order valence-electron chi connectivity index (χ4n) is 1.66. The lowest BCUT2D eigenvalue weighted by molar-refractivity contribution is 0.141. The average molecular weight is 259 g/mol. The molecule has 4 heteroatoms. The van der Waals surface area contributed by atoms with Crippen molar-refractivity contribution < 1.29 is 9.52 Å². The van der Waals surface area contributed by atoms with E-state index in [1.807, 2.05) is 6.92 Å². The predicted molar refractivity (Wildman–Crippen MR) is 66.1 cm³/mol. The Morgan fingerprint density at radius 2 is 2.06 bits per heavy atom. The topological polar surface area (TPSA) is 33.4 Å². The Labute approximate surface area is 104 Å². The third kappa shape index (κ3) is 2.19. The van der Waals surface area contributed by atoms with Crippen LogP contribution in [-0.4, -0.2) is 5.11 Å². The Morgan fingerprint density at radius 1 is 1.31 bits per heavy atom. The molecule has 0 aliphatic rings. The van der Waals surface area contributed by atoms with Gasteiger partial charge in [-0.15, -0.1) is 0 Å². The van der Waals surface area contributed by atoms with E-state index in [-0.39, 0.29) is 0 Å². The van der Waals surface area contributed by atoms with Crippen molar-refractivity contribution in [2.45, 2.75) is 25.9 Å². The monoisotopic (exact) mass is 258 g/mol. The highest BCUT2D eigenvalue weighted by atomic mass is 35.5. The second kappa shape index (κ2) is 4.66. The van der Waals surface area contributed by atoms with E-state index in [2.05, 4.69) is 0 Å².